The van der Waals surface area contributed by atoms with Gasteiger partial charge in [-0.15, -0.1) is 11.3 Å². The number of nitrogens with zero attached hydrogens (tertiary/aromatic N) is 1. The van der Waals surface area contributed by atoms with E-state index in [1.807, 2.05) is 24.5 Å². The molecule has 2 heterocycles. The lowest BCUT2D eigenvalue weighted by molar-refractivity contribution is -0.116. The summed E-state index contributed by atoms with van der Waals surface area (Å²) in [7, 11) is 1.83. The van der Waals surface area contributed by atoms with E-state index in [0.29, 0.717) is 17.9 Å². The first-order valence-corrected chi connectivity index (χ1v) is 9.29. The van der Waals surface area contributed by atoms with E-state index in [2.05, 4.69) is 48.0 Å². The van der Waals surface area contributed by atoms with Crippen LogP contribution in [0.15, 0.2) is 41.8 Å². The average Bonchev–Trinajstić information content (AvgIpc) is 3.22. The van der Waals surface area contributed by atoms with E-state index in [4.69, 9.17) is 0 Å². The van der Waals surface area contributed by atoms with Gasteiger partial charge in [0.15, 0.2) is 0 Å². The summed E-state index contributed by atoms with van der Waals surface area (Å²) in [6.07, 6.45) is 5.76. The van der Waals surface area contributed by atoms with Gasteiger partial charge >= 0.3 is 0 Å². The van der Waals surface area contributed by atoms with Crippen LogP contribution in [0.3, 0.4) is 0 Å². The van der Waals surface area contributed by atoms with Crippen molar-refractivity contribution in [3.05, 3.63) is 57.8 Å². The van der Waals surface area contributed by atoms with E-state index in [9.17, 15) is 4.79 Å². The molecule has 2 aromatic rings. The first kappa shape index (κ1) is 15.5. The molecule has 0 fully saturated rings. The average molecular weight is 338 g/mol. The van der Waals surface area contributed by atoms with Gasteiger partial charge in [-0.3, -0.25) is 4.79 Å². The number of carbonyl (C=O) groups is 1. The fourth-order valence-corrected chi connectivity index (χ4v) is 4.99. The standard InChI is InChI=1S/C20H22N2OS/c1-12-9-10-24-20(12)19-16-6-4-5-15(16)17-11-14(22(3)13(2)23)7-8-18(17)21-19/h4-5,7-11,15-16,19,21H,6H2,1-3H3. The van der Waals surface area contributed by atoms with Gasteiger partial charge in [0.05, 0.1) is 6.04 Å². The van der Waals surface area contributed by atoms with E-state index in [-0.39, 0.29) is 5.91 Å². The molecule has 4 rings (SSSR count). The predicted octanol–water partition coefficient (Wildman–Crippen LogP) is 4.87. The Morgan fingerprint density at radius 2 is 2.17 bits per heavy atom. The monoisotopic (exact) mass is 338 g/mol. The number of rotatable bonds is 2. The summed E-state index contributed by atoms with van der Waals surface area (Å²) in [4.78, 5) is 14.8. The van der Waals surface area contributed by atoms with Gasteiger partial charge in [-0.1, -0.05) is 12.2 Å². The van der Waals surface area contributed by atoms with Gasteiger partial charge in [0.2, 0.25) is 5.91 Å². The minimum atomic E-state index is 0.0596. The third-order valence-electron chi connectivity index (χ3n) is 5.39. The number of nitrogens with one attached hydrogen (secondary N) is 1. The van der Waals surface area contributed by atoms with Crippen LogP contribution in [0.25, 0.3) is 0 Å². The van der Waals surface area contributed by atoms with Gasteiger partial charge in [0, 0.05) is 36.1 Å². The third kappa shape index (κ3) is 2.37. The molecule has 24 heavy (non-hydrogen) atoms. The first-order chi connectivity index (χ1) is 11.6. The number of hydrogen-bond acceptors (Lipinski definition) is 3. The number of allylic oxidation sites excluding steroid dienone is 2. The van der Waals surface area contributed by atoms with Gasteiger partial charge in [-0.2, -0.15) is 0 Å². The normalized spacial score (nSPS) is 24.2. The molecular weight excluding hydrogens is 316 g/mol. The molecule has 1 N–H and O–H groups in total. The fraction of sp³-hybridized carbons (Fsp3) is 0.350. The van der Waals surface area contributed by atoms with Crippen molar-refractivity contribution >= 4 is 28.6 Å². The zero-order chi connectivity index (χ0) is 16.8. The zero-order valence-electron chi connectivity index (χ0n) is 14.2. The van der Waals surface area contributed by atoms with Crippen molar-refractivity contribution in [1.82, 2.24) is 0 Å². The highest BCUT2D eigenvalue weighted by Crippen LogP contribution is 2.51. The number of aryl methyl sites for hydroxylation is 1. The highest BCUT2D eigenvalue weighted by molar-refractivity contribution is 7.10. The molecule has 1 aromatic heterocycles. The van der Waals surface area contributed by atoms with Crippen LogP contribution in [0.4, 0.5) is 11.4 Å². The molecule has 0 spiro atoms. The number of benzene rings is 1. The molecule has 1 amide bonds. The summed E-state index contributed by atoms with van der Waals surface area (Å²) in [5.41, 5.74) is 4.85. The van der Waals surface area contributed by atoms with Crippen molar-refractivity contribution < 1.29 is 4.79 Å². The zero-order valence-corrected chi connectivity index (χ0v) is 15.1. The van der Waals surface area contributed by atoms with Crippen LogP contribution in [0.1, 0.15) is 41.3 Å². The Morgan fingerprint density at radius 3 is 2.88 bits per heavy atom. The number of fused-ring (bicyclic) bond motifs is 3. The smallest absolute Gasteiger partial charge is 0.223 e. The lowest BCUT2D eigenvalue weighted by Crippen LogP contribution is -2.29. The van der Waals surface area contributed by atoms with Gasteiger partial charge in [-0.05, 0) is 60.0 Å². The second-order valence-electron chi connectivity index (χ2n) is 6.79. The van der Waals surface area contributed by atoms with Crippen molar-refractivity contribution in [3.8, 4) is 0 Å². The Hall–Kier alpha value is -2.07. The number of thiophene rings is 1. The highest BCUT2D eigenvalue weighted by Gasteiger charge is 2.39. The van der Waals surface area contributed by atoms with Crippen molar-refractivity contribution in [2.45, 2.75) is 32.2 Å². The van der Waals surface area contributed by atoms with Crippen LogP contribution >= 0.6 is 11.3 Å². The minimum absolute atomic E-state index is 0.0596. The molecule has 1 aliphatic carbocycles. The first-order valence-electron chi connectivity index (χ1n) is 8.41. The number of anilines is 2. The summed E-state index contributed by atoms with van der Waals surface area (Å²) < 4.78 is 0. The summed E-state index contributed by atoms with van der Waals surface area (Å²) in [6.45, 7) is 3.80. The third-order valence-corrected chi connectivity index (χ3v) is 6.49. The van der Waals surface area contributed by atoms with Crippen molar-refractivity contribution in [3.63, 3.8) is 0 Å². The van der Waals surface area contributed by atoms with E-state index < -0.39 is 0 Å². The molecule has 0 bridgehead atoms. The van der Waals surface area contributed by atoms with Crippen LogP contribution in [-0.2, 0) is 4.79 Å². The Bertz CT molecular complexity index is 823. The van der Waals surface area contributed by atoms with Gasteiger partial charge < -0.3 is 10.2 Å². The van der Waals surface area contributed by atoms with Gasteiger partial charge in [0.1, 0.15) is 0 Å². The van der Waals surface area contributed by atoms with Crippen molar-refractivity contribution in [2.75, 3.05) is 17.3 Å². The molecule has 3 unspecified atom stereocenters. The summed E-state index contributed by atoms with van der Waals surface area (Å²) >= 11 is 1.85. The molecule has 1 aromatic carbocycles. The molecule has 4 heteroatoms. The lowest BCUT2D eigenvalue weighted by atomic mass is 9.78. The van der Waals surface area contributed by atoms with E-state index >= 15 is 0 Å². The quantitative estimate of drug-likeness (QED) is 0.793. The second-order valence-corrected chi connectivity index (χ2v) is 7.74. The Kier molecular flexibility index (Phi) is 3.72. The summed E-state index contributed by atoms with van der Waals surface area (Å²) in [6, 6.07) is 8.91. The number of hydrogen-bond donors (Lipinski definition) is 1. The minimum Gasteiger partial charge on any atom is -0.377 e. The maximum absolute atomic E-state index is 11.7. The van der Waals surface area contributed by atoms with Crippen molar-refractivity contribution in [1.29, 1.82) is 0 Å². The lowest BCUT2D eigenvalue weighted by Gasteiger charge is -2.37. The molecule has 1 aliphatic heterocycles. The number of carbonyl (C=O) groups excluding carboxylic acids is 1. The summed E-state index contributed by atoms with van der Waals surface area (Å²) in [5.74, 6) is 1.03. The molecule has 124 valence electrons. The van der Waals surface area contributed by atoms with E-state index in [0.717, 1.165) is 12.1 Å². The Balaban J connectivity index is 1.76. The van der Waals surface area contributed by atoms with E-state index in [1.54, 1.807) is 11.8 Å². The van der Waals surface area contributed by atoms with Crippen LogP contribution < -0.4 is 10.2 Å². The van der Waals surface area contributed by atoms with Crippen LogP contribution in [-0.4, -0.2) is 13.0 Å². The number of amides is 1. The molecule has 0 saturated heterocycles. The van der Waals surface area contributed by atoms with Gasteiger partial charge in [0.25, 0.3) is 0 Å². The molecule has 0 saturated carbocycles. The Labute approximate surface area is 147 Å². The topological polar surface area (TPSA) is 32.3 Å². The largest absolute Gasteiger partial charge is 0.377 e. The van der Waals surface area contributed by atoms with Crippen LogP contribution in [0, 0.1) is 12.8 Å². The summed E-state index contributed by atoms with van der Waals surface area (Å²) in [5, 5.41) is 5.96. The van der Waals surface area contributed by atoms with Gasteiger partial charge in [-0.25, -0.2) is 0 Å². The molecule has 0 radical (unpaired) electrons. The SMILES string of the molecule is CC(=O)N(C)c1ccc2c(c1)C1C=CCC1C(c1sccc1C)N2. The van der Waals surface area contributed by atoms with Crippen LogP contribution in [0.5, 0.6) is 0 Å². The predicted molar refractivity (Wildman–Crippen MR) is 101 cm³/mol. The molecule has 3 atom stereocenters. The van der Waals surface area contributed by atoms with Crippen LogP contribution in [0.2, 0.25) is 0 Å². The van der Waals surface area contributed by atoms with Crippen molar-refractivity contribution in [2.24, 2.45) is 5.92 Å². The fourth-order valence-electron chi connectivity index (χ4n) is 3.93. The molecular formula is C20H22N2OS. The molecule has 2 aliphatic rings. The second kappa shape index (κ2) is 5.78. The van der Waals surface area contributed by atoms with E-state index in [1.165, 1.54) is 21.7 Å². The Morgan fingerprint density at radius 1 is 1.33 bits per heavy atom. The highest BCUT2D eigenvalue weighted by atomic mass is 32.1. The maximum atomic E-state index is 11.7. The maximum Gasteiger partial charge on any atom is 0.223 e. The molecule has 3 nitrogen and oxygen atoms in total.